The van der Waals surface area contributed by atoms with E-state index >= 15 is 0 Å². The third-order valence-electron chi connectivity index (χ3n) is 3.07. The van der Waals surface area contributed by atoms with Crippen LogP contribution in [0.3, 0.4) is 0 Å². The van der Waals surface area contributed by atoms with Gasteiger partial charge in [-0.05, 0) is 20.9 Å². The molecule has 1 heterocycles. The molecule has 2 heteroatoms. The van der Waals surface area contributed by atoms with Gasteiger partial charge in [0.25, 0.3) is 0 Å². The van der Waals surface area contributed by atoms with E-state index in [1.165, 1.54) is 38.5 Å². The SMILES string of the molecule is CCCCCCCC.CN1CCOC(C)(C)C1. The van der Waals surface area contributed by atoms with Gasteiger partial charge in [-0.1, -0.05) is 52.4 Å². The average Bonchev–Trinajstić information content (AvgIpc) is 2.24. The van der Waals surface area contributed by atoms with Gasteiger partial charge in [-0.25, -0.2) is 0 Å². The average molecular weight is 243 g/mol. The Labute approximate surface area is 109 Å². The van der Waals surface area contributed by atoms with E-state index in [9.17, 15) is 0 Å². The summed E-state index contributed by atoms with van der Waals surface area (Å²) in [5.41, 5.74) is 0.0764. The van der Waals surface area contributed by atoms with Crippen LogP contribution in [0.5, 0.6) is 0 Å². The lowest BCUT2D eigenvalue weighted by Crippen LogP contribution is -2.46. The zero-order valence-corrected chi connectivity index (χ0v) is 12.7. The van der Waals surface area contributed by atoms with E-state index < -0.39 is 0 Å². The second-order valence-electron chi connectivity index (χ2n) is 5.76. The first-order valence-electron chi connectivity index (χ1n) is 7.34. The summed E-state index contributed by atoms with van der Waals surface area (Å²) in [6, 6.07) is 0. The van der Waals surface area contributed by atoms with Crippen LogP contribution in [0, 0.1) is 0 Å². The van der Waals surface area contributed by atoms with Gasteiger partial charge >= 0.3 is 0 Å². The number of nitrogens with zero attached hydrogens (tertiary/aromatic N) is 1. The van der Waals surface area contributed by atoms with Crippen LogP contribution in [-0.2, 0) is 4.74 Å². The van der Waals surface area contributed by atoms with Gasteiger partial charge in [0.15, 0.2) is 0 Å². The topological polar surface area (TPSA) is 12.5 Å². The molecule has 0 aromatic heterocycles. The monoisotopic (exact) mass is 243 g/mol. The molecule has 1 aliphatic rings. The molecule has 1 saturated heterocycles. The zero-order chi connectivity index (χ0) is 13.1. The fourth-order valence-corrected chi connectivity index (χ4v) is 2.11. The normalized spacial score (nSPS) is 19.6. The highest BCUT2D eigenvalue weighted by Gasteiger charge is 2.24. The number of hydrogen-bond donors (Lipinski definition) is 0. The second-order valence-corrected chi connectivity index (χ2v) is 5.76. The van der Waals surface area contributed by atoms with E-state index in [4.69, 9.17) is 4.74 Å². The predicted molar refractivity (Wildman–Crippen MR) is 76.6 cm³/mol. The molecule has 104 valence electrons. The molecule has 2 nitrogen and oxygen atoms in total. The van der Waals surface area contributed by atoms with E-state index in [1.807, 2.05) is 0 Å². The molecule has 0 aliphatic carbocycles. The Morgan fingerprint density at radius 3 is 1.82 bits per heavy atom. The van der Waals surface area contributed by atoms with Crippen molar-refractivity contribution in [1.82, 2.24) is 4.90 Å². The van der Waals surface area contributed by atoms with Crippen LogP contribution in [0.2, 0.25) is 0 Å². The van der Waals surface area contributed by atoms with Crippen LogP contribution >= 0.6 is 0 Å². The summed E-state index contributed by atoms with van der Waals surface area (Å²) < 4.78 is 5.49. The highest BCUT2D eigenvalue weighted by Crippen LogP contribution is 2.14. The van der Waals surface area contributed by atoms with E-state index in [0.717, 1.165) is 19.7 Å². The van der Waals surface area contributed by atoms with Crippen LogP contribution in [0.1, 0.15) is 66.2 Å². The van der Waals surface area contributed by atoms with Gasteiger partial charge in [0.1, 0.15) is 0 Å². The van der Waals surface area contributed by atoms with E-state index in [1.54, 1.807) is 0 Å². The lowest BCUT2D eigenvalue weighted by atomic mass is 10.1. The number of ether oxygens (including phenoxy) is 1. The van der Waals surface area contributed by atoms with Crippen molar-refractivity contribution in [3.05, 3.63) is 0 Å². The van der Waals surface area contributed by atoms with Gasteiger partial charge in [0, 0.05) is 13.1 Å². The molecule has 0 amide bonds. The molecule has 0 bridgehead atoms. The third-order valence-corrected chi connectivity index (χ3v) is 3.07. The van der Waals surface area contributed by atoms with Crippen molar-refractivity contribution < 1.29 is 4.74 Å². The molecule has 0 spiro atoms. The number of morpholine rings is 1. The van der Waals surface area contributed by atoms with Gasteiger partial charge in [-0.2, -0.15) is 0 Å². The van der Waals surface area contributed by atoms with Crippen LogP contribution in [0.15, 0.2) is 0 Å². The molecule has 0 radical (unpaired) electrons. The molecular weight excluding hydrogens is 210 g/mol. The Kier molecular flexibility index (Phi) is 9.85. The fraction of sp³-hybridized carbons (Fsp3) is 1.00. The molecule has 0 aromatic carbocycles. The molecule has 1 fully saturated rings. The standard InChI is InChI=1S/C8H18.C7H15NO/c1-3-5-7-8-6-4-2;1-7(2)6-8(3)4-5-9-7/h3-8H2,1-2H3;4-6H2,1-3H3. The summed E-state index contributed by atoms with van der Waals surface area (Å²) in [7, 11) is 2.13. The first kappa shape index (κ1) is 16.9. The van der Waals surface area contributed by atoms with Crippen molar-refractivity contribution in [3.8, 4) is 0 Å². The first-order chi connectivity index (χ1) is 8.02. The highest BCUT2D eigenvalue weighted by molar-refractivity contribution is 4.76. The van der Waals surface area contributed by atoms with Crippen LogP contribution in [-0.4, -0.2) is 37.2 Å². The van der Waals surface area contributed by atoms with Gasteiger partial charge in [-0.15, -0.1) is 0 Å². The van der Waals surface area contributed by atoms with Crippen molar-refractivity contribution in [2.45, 2.75) is 71.8 Å². The quantitative estimate of drug-likeness (QED) is 0.674. The van der Waals surface area contributed by atoms with Crippen LogP contribution in [0.4, 0.5) is 0 Å². The maximum absolute atomic E-state index is 5.49. The predicted octanol–water partition coefficient (Wildman–Crippen LogP) is 4.09. The molecule has 1 rings (SSSR count). The fourth-order valence-electron chi connectivity index (χ4n) is 2.11. The summed E-state index contributed by atoms with van der Waals surface area (Å²) in [5.74, 6) is 0. The van der Waals surface area contributed by atoms with E-state index in [2.05, 4.69) is 39.6 Å². The van der Waals surface area contributed by atoms with Crippen LogP contribution in [0.25, 0.3) is 0 Å². The van der Waals surface area contributed by atoms with Gasteiger partial charge in [0.05, 0.1) is 12.2 Å². The minimum Gasteiger partial charge on any atom is -0.373 e. The largest absolute Gasteiger partial charge is 0.373 e. The lowest BCUT2D eigenvalue weighted by molar-refractivity contribution is -0.0789. The van der Waals surface area contributed by atoms with E-state index in [0.29, 0.717) is 0 Å². The minimum absolute atomic E-state index is 0.0764. The third kappa shape index (κ3) is 10.8. The summed E-state index contributed by atoms with van der Waals surface area (Å²) in [4.78, 5) is 2.30. The smallest absolute Gasteiger partial charge is 0.0753 e. The van der Waals surface area contributed by atoms with E-state index in [-0.39, 0.29) is 5.60 Å². The van der Waals surface area contributed by atoms with Crippen molar-refractivity contribution in [2.24, 2.45) is 0 Å². The Morgan fingerprint density at radius 1 is 1.00 bits per heavy atom. The molecule has 0 unspecified atom stereocenters. The molecule has 0 N–H and O–H groups in total. The van der Waals surface area contributed by atoms with Gasteiger partial charge < -0.3 is 9.64 Å². The van der Waals surface area contributed by atoms with Crippen molar-refractivity contribution >= 4 is 0 Å². The molecule has 17 heavy (non-hydrogen) atoms. The maximum atomic E-state index is 5.49. The molecule has 0 saturated carbocycles. The first-order valence-corrected chi connectivity index (χ1v) is 7.34. The van der Waals surface area contributed by atoms with Crippen molar-refractivity contribution in [2.75, 3.05) is 26.7 Å². The summed E-state index contributed by atoms with van der Waals surface area (Å²) in [6.45, 7) is 11.8. The Balaban J connectivity index is 0.000000304. The summed E-state index contributed by atoms with van der Waals surface area (Å²) in [6.07, 6.45) is 8.49. The lowest BCUT2D eigenvalue weighted by Gasteiger charge is -2.35. The Hall–Kier alpha value is -0.0800. The van der Waals surface area contributed by atoms with Gasteiger partial charge in [-0.3, -0.25) is 0 Å². The number of unbranched alkanes of at least 4 members (excludes halogenated alkanes) is 5. The Bertz CT molecular complexity index is 162. The van der Waals surface area contributed by atoms with Crippen molar-refractivity contribution in [1.29, 1.82) is 0 Å². The maximum Gasteiger partial charge on any atom is 0.0753 e. The van der Waals surface area contributed by atoms with Gasteiger partial charge in [0.2, 0.25) is 0 Å². The van der Waals surface area contributed by atoms with Crippen molar-refractivity contribution in [3.63, 3.8) is 0 Å². The minimum atomic E-state index is 0.0764. The summed E-state index contributed by atoms with van der Waals surface area (Å²) in [5, 5.41) is 0. The number of likely N-dealkylation sites (N-methyl/N-ethyl adjacent to an activating group) is 1. The molecule has 0 atom stereocenters. The second kappa shape index (κ2) is 9.90. The van der Waals surface area contributed by atoms with Crippen LogP contribution < -0.4 is 0 Å². The number of rotatable bonds is 5. The molecular formula is C15H33NO. The number of hydrogen-bond acceptors (Lipinski definition) is 2. The zero-order valence-electron chi connectivity index (χ0n) is 12.7. The Morgan fingerprint density at radius 2 is 1.53 bits per heavy atom. The molecule has 0 aromatic rings. The molecule has 1 aliphatic heterocycles. The highest BCUT2D eigenvalue weighted by atomic mass is 16.5. The summed E-state index contributed by atoms with van der Waals surface area (Å²) >= 11 is 0.